The first-order chi connectivity index (χ1) is 15.8. The van der Waals surface area contributed by atoms with Gasteiger partial charge in [0.25, 0.3) is 5.89 Å². The average molecular weight is 459 g/mol. The molecule has 2 aromatic rings. The molecule has 0 spiro atoms. The van der Waals surface area contributed by atoms with Crippen LogP contribution in [0.1, 0.15) is 44.3 Å². The number of methoxy groups -OCH3 is 1. The minimum Gasteiger partial charge on any atom is -0.481 e. The van der Waals surface area contributed by atoms with E-state index >= 15 is 0 Å². The molecule has 1 saturated carbocycles. The maximum atomic E-state index is 13.3. The molecule has 1 amide bonds. The van der Waals surface area contributed by atoms with Crippen LogP contribution in [0.2, 0.25) is 0 Å². The highest BCUT2D eigenvalue weighted by atomic mass is 16.5. The summed E-state index contributed by atoms with van der Waals surface area (Å²) in [5, 5.41) is 25.8. The summed E-state index contributed by atoms with van der Waals surface area (Å²) in [4.78, 5) is 41.2. The van der Waals surface area contributed by atoms with Crippen LogP contribution in [-0.2, 0) is 25.5 Å². The molecular weight excluding hydrogens is 430 g/mol. The summed E-state index contributed by atoms with van der Waals surface area (Å²) in [7, 11) is 1.50. The normalized spacial score (nSPS) is 16.8. The molecule has 1 aromatic heterocycles. The Morgan fingerprint density at radius 1 is 1.15 bits per heavy atom. The van der Waals surface area contributed by atoms with Gasteiger partial charge in [-0.1, -0.05) is 36.2 Å². The number of nitrogens with zero attached hydrogens (tertiary/aromatic N) is 2. The first-order valence-electron chi connectivity index (χ1n) is 11.0. The SMILES string of the molecule is COCC[C@H](CC1(C(=O)N[C@@H](Cc2noc(-c3ccccc3)n2)C(=O)O)CCCC1)C(=O)O. The van der Waals surface area contributed by atoms with Gasteiger partial charge in [-0.15, -0.1) is 0 Å². The lowest BCUT2D eigenvalue weighted by molar-refractivity contribution is -0.147. The van der Waals surface area contributed by atoms with Gasteiger partial charge in [0.15, 0.2) is 5.82 Å². The van der Waals surface area contributed by atoms with E-state index in [1.807, 2.05) is 18.2 Å². The van der Waals surface area contributed by atoms with E-state index in [0.29, 0.717) is 18.4 Å². The van der Waals surface area contributed by atoms with Crippen LogP contribution in [0, 0.1) is 11.3 Å². The van der Waals surface area contributed by atoms with Gasteiger partial charge in [0.05, 0.1) is 11.3 Å². The Balaban J connectivity index is 1.72. The Morgan fingerprint density at radius 3 is 2.45 bits per heavy atom. The van der Waals surface area contributed by atoms with Gasteiger partial charge in [-0.2, -0.15) is 4.98 Å². The van der Waals surface area contributed by atoms with Crippen molar-refractivity contribution < 1.29 is 33.9 Å². The molecule has 0 unspecified atom stereocenters. The average Bonchev–Trinajstić information content (AvgIpc) is 3.47. The van der Waals surface area contributed by atoms with Crippen LogP contribution >= 0.6 is 0 Å². The third kappa shape index (κ3) is 6.16. The van der Waals surface area contributed by atoms with E-state index in [2.05, 4.69) is 15.5 Å². The molecule has 1 aliphatic carbocycles. The molecule has 10 nitrogen and oxygen atoms in total. The van der Waals surface area contributed by atoms with Crippen molar-refractivity contribution in [3.05, 3.63) is 36.2 Å². The number of hydrogen-bond acceptors (Lipinski definition) is 7. The van der Waals surface area contributed by atoms with E-state index in [9.17, 15) is 24.6 Å². The molecule has 178 valence electrons. The van der Waals surface area contributed by atoms with E-state index in [-0.39, 0.29) is 37.6 Å². The van der Waals surface area contributed by atoms with Crippen molar-refractivity contribution >= 4 is 17.8 Å². The zero-order valence-electron chi connectivity index (χ0n) is 18.5. The lowest BCUT2D eigenvalue weighted by Crippen LogP contribution is -2.49. The van der Waals surface area contributed by atoms with Crippen molar-refractivity contribution in [1.29, 1.82) is 0 Å². The van der Waals surface area contributed by atoms with E-state index < -0.39 is 35.2 Å². The lowest BCUT2D eigenvalue weighted by Gasteiger charge is -2.31. The molecule has 0 aliphatic heterocycles. The number of aromatic nitrogens is 2. The molecule has 3 rings (SSSR count). The van der Waals surface area contributed by atoms with Gasteiger partial charge in [-0.25, -0.2) is 4.79 Å². The quantitative estimate of drug-likeness (QED) is 0.435. The first-order valence-corrected chi connectivity index (χ1v) is 11.0. The molecule has 1 heterocycles. The number of carboxylic acids is 2. The van der Waals surface area contributed by atoms with Crippen LogP contribution in [-0.4, -0.2) is 58.0 Å². The summed E-state index contributed by atoms with van der Waals surface area (Å²) in [6, 6.07) is 7.80. The van der Waals surface area contributed by atoms with Gasteiger partial charge in [0.2, 0.25) is 5.91 Å². The fourth-order valence-electron chi connectivity index (χ4n) is 4.35. The van der Waals surface area contributed by atoms with Gasteiger partial charge in [0, 0.05) is 25.7 Å². The number of carboxylic acid groups (broad SMARTS) is 2. The summed E-state index contributed by atoms with van der Waals surface area (Å²) in [6.45, 7) is 0.272. The Hall–Kier alpha value is -3.27. The fraction of sp³-hybridized carbons (Fsp3) is 0.522. The van der Waals surface area contributed by atoms with Crippen molar-refractivity contribution in [3.8, 4) is 11.5 Å². The number of benzene rings is 1. The number of amides is 1. The van der Waals surface area contributed by atoms with Gasteiger partial charge < -0.3 is 24.8 Å². The standard InChI is InChI=1S/C23H29N3O7/c1-32-12-9-16(20(27)28)14-23(10-5-6-11-23)22(31)24-17(21(29)30)13-18-25-19(33-26-18)15-7-3-2-4-8-15/h2-4,7-8,16-17H,5-6,9-14H2,1H3,(H,24,31)(H,27,28)(H,29,30)/t16-,17+/m1/s1. The number of carbonyl (C=O) groups is 3. The Bertz CT molecular complexity index is 954. The molecule has 33 heavy (non-hydrogen) atoms. The summed E-state index contributed by atoms with van der Waals surface area (Å²) in [6.07, 6.45) is 2.88. The first kappa shape index (κ1) is 24.4. The second kappa shape index (κ2) is 11.0. The van der Waals surface area contributed by atoms with Crippen LogP contribution in [0.4, 0.5) is 0 Å². The van der Waals surface area contributed by atoms with E-state index in [1.54, 1.807) is 12.1 Å². The smallest absolute Gasteiger partial charge is 0.326 e. The summed E-state index contributed by atoms with van der Waals surface area (Å²) in [5.41, 5.74) is -0.218. The maximum Gasteiger partial charge on any atom is 0.326 e. The van der Waals surface area contributed by atoms with E-state index in [1.165, 1.54) is 7.11 Å². The Kier molecular flexibility index (Phi) is 8.16. The second-order valence-corrected chi connectivity index (χ2v) is 8.46. The minimum absolute atomic E-state index is 0.143. The zero-order chi connectivity index (χ0) is 23.8. The molecule has 1 aromatic carbocycles. The predicted molar refractivity (Wildman–Crippen MR) is 116 cm³/mol. The van der Waals surface area contributed by atoms with E-state index in [4.69, 9.17) is 9.26 Å². The minimum atomic E-state index is -1.27. The largest absolute Gasteiger partial charge is 0.481 e. The Morgan fingerprint density at radius 2 is 1.85 bits per heavy atom. The van der Waals surface area contributed by atoms with Crippen molar-refractivity contribution in [2.24, 2.45) is 11.3 Å². The van der Waals surface area contributed by atoms with Crippen LogP contribution in [0.15, 0.2) is 34.9 Å². The summed E-state index contributed by atoms with van der Waals surface area (Å²) in [5.74, 6) is -2.98. The van der Waals surface area contributed by atoms with Crippen LogP contribution in [0.3, 0.4) is 0 Å². The molecule has 2 atom stereocenters. The molecule has 3 N–H and O–H groups in total. The van der Waals surface area contributed by atoms with Crippen molar-refractivity contribution in [1.82, 2.24) is 15.5 Å². The zero-order valence-corrected chi connectivity index (χ0v) is 18.5. The number of rotatable bonds is 12. The number of nitrogens with one attached hydrogen (secondary N) is 1. The van der Waals surface area contributed by atoms with Gasteiger partial charge >= 0.3 is 11.9 Å². The molecule has 1 aliphatic rings. The molecule has 0 bridgehead atoms. The van der Waals surface area contributed by atoms with Crippen LogP contribution < -0.4 is 5.32 Å². The number of aliphatic carboxylic acids is 2. The highest BCUT2D eigenvalue weighted by Gasteiger charge is 2.45. The molecule has 0 saturated heterocycles. The van der Waals surface area contributed by atoms with Crippen molar-refractivity contribution in [2.75, 3.05) is 13.7 Å². The third-order valence-corrected chi connectivity index (χ3v) is 6.18. The molecule has 0 radical (unpaired) electrons. The topological polar surface area (TPSA) is 152 Å². The maximum absolute atomic E-state index is 13.3. The van der Waals surface area contributed by atoms with E-state index in [0.717, 1.165) is 12.8 Å². The van der Waals surface area contributed by atoms with Crippen LogP contribution in [0.25, 0.3) is 11.5 Å². The molecular formula is C23H29N3O7. The monoisotopic (exact) mass is 459 g/mol. The summed E-state index contributed by atoms with van der Waals surface area (Å²) >= 11 is 0. The third-order valence-electron chi connectivity index (χ3n) is 6.18. The molecule has 10 heteroatoms. The number of carbonyl (C=O) groups excluding carboxylic acids is 1. The van der Waals surface area contributed by atoms with Gasteiger partial charge in [-0.05, 0) is 37.8 Å². The van der Waals surface area contributed by atoms with Gasteiger partial charge in [0.1, 0.15) is 6.04 Å². The Labute approximate surface area is 191 Å². The van der Waals surface area contributed by atoms with Crippen molar-refractivity contribution in [3.63, 3.8) is 0 Å². The fourth-order valence-corrected chi connectivity index (χ4v) is 4.35. The lowest BCUT2D eigenvalue weighted by atomic mass is 9.75. The van der Waals surface area contributed by atoms with Crippen LogP contribution in [0.5, 0.6) is 0 Å². The second-order valence-electron chi connectivity index (χ2n) is 8.46. The number of hydrogen-bond donors (Lipinski definition) is 3. The predicted octanol–water partition coefficient (Wildman–Crippen LogP) is 2.54. The molecule has 1 fully saturated rings. The number of ether oxygens (including phenoxy) is 1. The highest BCUT2D eigenvalue weighted by molar-refractivity contribution is 5.88. The highest BCUT2D eigenvalue weighted by Crippen LogP contribution is 2.44. The van der Waals surface area contributed by atoms with Crippen molar-refractivity contribution in [2.45, 2.75) is 51.0 Å². The summed E-state index contributed by atoms with van der Waals surface area (Å²) < 4.78 is 10.2. The van der Waals surface area contributed by atoms with Gasteiger partial charge in [-0.3, -0.25) is 9.59 Å².